The number of carbonyl (C=O) groups excluding carboxylic acids is 1. The number of fused-ring (bicyclic) bond motifs is 5. The van der Waals surface area contributed by atoms with E-state index in [0.29, 0.717) is 17.7 Å². The second-order valence-electron chi connectivity index (χ2n) is 9.17. The number of aromatic nitrogens is 4. The third-order valence-electron chi connectivity index (χ3n) is 6.99. The number of imidazole rings is 1. The highest BCUT2D eigenvalue weighted by Crippen LogP contribution is 2.45. The summed E-state index contributed by atoms with van der Waals surface area (Å²) in [7, 11) is 1.71. The van der Waals surface area contributed by atoms with Crippen molar-refractivity contribution in [2.75, 3.05) is 0 Å². The van der Waals surface area contributed by atoms with Gasteiger partial charge in [-0.15, -0.1) is 0 Å². The van der Waals surface area contributed by atoms with Crippen LogP contribution in [0, 0.1) is 24.4 Å². The maximum Gasteiger partial charge on any atom is 0.256 e. The Morgan fingerprint density at radius 2 is 1.85 bits per heavy atom. The first-order valence-electron chi connectivity index (χ1n) is 11.3. The number of hydrogen-bond donors (Lipinski definition) is 0. The van der Waals surface area contributed by atoms with Crippen molar-refractivity contribution in [1.29, 1.82) is 0 Å². The van der Waals surface area contributed by atoms with E-state index < -0.39 is 17.5 Å². The summed E-state index contributed by atoms with van der Waals surface area (Å²) in [6.45, 7) is 1.91. The van der Waals surface area contributed by atoms with E-state index in [9.17, 15) is 18.0 Å². The van der Waals surface area contributed by atoms with Crippen LogP contribution in [0.1, 0.15) is 52.6 Å². The van der Waals surface area contributed by atoms with Crippen molar-refractivity contribution in [3.05, 3.63) is 76.6 Å². The molecule has 1 aromatic carbocycles. The van der Waals surface area contributed by atoms with Gasteiger partial charge in [-0.1, -0.05) is 0 Å². The third-order valence-corrected chi connectivity index (χ3v) is 6.99. The zero-order valence-electron chi connectivity index (χ0n) is 18.7. The molecule has 1 fully saturated rings. The summed E-state index contributed by atoms with van der Waals surface area (Å²) >= 11 is 0. The van der Waals surface area contributed by atoms with Gasteiger partial charge in [0.2, 0.25) is 0 Å². The summed E-state index contributed by atoms with van der Waals surface area (Å²) in [6.07, 6.45) is 6.75. The van der Waals surface area contributed by atoms with Gasteiger partial charge in [-0.3, -0.25) is 9.48 Å². The molecule has 6 rings (SSSR count). The minimum absolute atomic E-state index is 0.0583. The number of amides is 1. The fraction of sp³-hybridized carbons (Fsp3) is 0.320. The van der Waals surface area contributed by atoms with E-state index in [0.717, 1.165) is 54.0 Å². The number of rotatable bonds is 2. The molecule has 0 radical (unpaired) electrons. The van der Waals surface area contributed by atoms with Crippen LogP contribution in [-0.2, 0) is 13.5 Å². The normalized spacial score (nSPS) is 19.5. The van der Waals surface area contributed by atoms with Gasteiger partial charge in [-0.2, -0.15) is 5.10 Å². The van der Waals surface area contributed by atoms with Gasteiger partial charge in [-0.05, 0) is 56.9 Å². The molecule has 0 aliphatic carbocycles. The van der Waals surface area contributed by atoms with Crippen molar-refractivity contribution >= 4 is 11.6 Å². The first kappa shape index (κ1) is 20.9. The number of pyridine rings is 1. The molecule has 9 heteroatoms. The van der Waals surface area contributed by atoms with Crippen molar-refractivity contribution in [1.82, 2.24) is 24.1 Å². The van der Waals surface area contributed by atoms with E-state index in [4.69, 9.17) is 0 Å². The first-order valence-corrected chi connectivity index (χ1v) is 11.3. The van der Waals surface area contributed by atoms with Gasteiger partial charge in [0.25, 0.3) is 5.91 Å². The molecule has 5 heterocycles. The maximum atomic E-state index is 14.0. The second-order valence-corrected chi connectivity index (χ2v) is 9.17. The highest BCUT2D eigenvalue weighted by atomic mass is 19.2. The predicted molar refractivity (Wildman–Crippen MR) is 119 cm³/mol. The van der Waals surface area contributed by atoms with Crippen molar-refractivity contribution < 1.29 is 18.0 Å². The first-order chi connectivity index (χ1) is 16.3. The maximum absolute atomic E-state index is 14.0. The molecular formula is C25H22F3N5O. The number of piperidine rings is 1. The average Bonchev–Trinajstić information content (AvgIpc) is 3.33. The van der Waals surface area contributed by atoms with Crippen LogP contribution < -0.4 is 0 Å². The minimum atomic E-state index is -1.49. The SMILES string of the molecule is Cc1cn2cc(C(=O)N3C4CCC[C@H]3c3nn(C)c(-c5cc(F)c(F)c(F)c5)c3C4)ccc2n1. The molecule has 2 aliphatic heterocycles. The van der Waals surface area contributed by atoms with Crippen LogP contribution >= 0.6 is 0 Å². The lowest BCUT2D eigenvalue weighted by molar-refractivity contribution is 0.0391. The molecule has 4 aromatic rings. The Labute approximate surface area is 193 Å². The minimum Gasteiger partial charge on any atom is -0.327 e. The second kappa shape index (κ2) is 7.44. The molecule has 1 unspecified atom stereocenters. The van der Waals surface area contributed by atoms with E-state index in [-0.39, 0.29) is 23.6 Å². The number of hydrogen-bond acceptors (Lipinski definition) is 3. The van der Waals surface area contributed by atoms with E-state index in [1.807, 2.05) is 28.5 Å². The molecule has 0 N–H and O–H groups in total. The summed E-state index contributed by atoms with van der Waals surface area (Å²) in [6, 6.07) is 5.35. The molecule has 174 valence electrons. The molecule has 2 bridgehead atoms. The molecule has 0 spiro atoms. The molecule has 1 amide bonds. The Morgan fingerprint density at radius 1 is 1.09 bits per heavy atom. The van der Waals surface area contributed by atoms with Crippen LogP contribution in [-0.4, -0.2) is 36.0 Å². The summed E-state index contributed by atoms with van der Waals surface area (Å²) in [5.74, 6) is -4.02. The Balaban J connectivity index is 1.42. The molecule has 1 saturated heterocycles. The smallest absolute Gasteiger partial charge is 0.256 e. The van der Waals surface area contributed by atoms with Gasteiger partial charge in [0, 0.05) is 36.6 Å². The molecule has 0 saturated carbocycles. The number of halogens is 3. The van der Waals surface area contributed by atoms with E-state index >= 15 is 0 Å². The van der Waals surface area contributed by atoms with Gasteiger partial charge < -0.3 is 9.30 Å². The van der Waals surface area contributed by atoms with Crippen molar-refractivity contribution in [2.24, 2.45) is 7.05 Å². The molecular weight excluding hydrogens is 443 g/mol. The Bertz CT molecular complexity index is 1450. The summed E-state index contributed by atoms with van der Waals surface area (Å²) < 4.78 is 45.0. The number of carbonyl (C=O) groups is 1. The molecule has 34 heavy (non-hydrogen) atoms. The van der Waals surface area contributed by atoms with E-state index in [2.05, 4.69) is 10.1 Å². The van der Waals surface area contributed by atoms with Gasteiger partial charge in [0.15, 0.2) is 17.5 Å². The summed E-state index contributed by atoms with van der Waals surface area (Å²) in [4.78, 5) is 20.0. The van der Waals surface area contributed by atoms with Gasteiger partial charge in [0.1, 0.15) is 5.65 Å². The largest absolute Gasteiger partial charge is 0.327 e. The van der Waals surface area contributed by atoms with Gasteiger partial charge in [-0.25, -0.2) is 18.2 Å². The lowest BCUT2D eigenvalue weighted by Gasteiger charge is -2.45. The van der Waals surface area contributed by atoms with Crippen LogP contribution in [0.2, 0.25) is 0 Å². The predicted octanol–water partition coefficient (Wildman–Crippen LogP) is 4.75. The van der Waals surface area contributed by atoms with Crippen molar-refractivity contribution in [3.8, 4) is 11.3 Å². The molecule has 3 aromatic heterocycles. The van der Waals surface area contributed by atoms with Crippen LogP contribution in [0.15, 0.2) is 36.7 Å². The molecule has 2 aliphatic rings. The van der Waals surface area contributed by atoms with Gasteiger partial charge >= 0.3 is 0 Å². The summed E-state index contributed by atoms with van der Waals surface area (Å²) in [5.41, 5.74) is 4.64. The standard InChI is InChI=1S/C25H22F3N5O/c1-13-11-32-12-14(6-7-21(32)29-13)25(34)33-16-4-3-5-20(33)23-17(10-16)24(31(2)30-23)15-8-18(26)22(28)19(27)9-15/h6-9,11-12,16,20H,3-5,10H2,1-2H3/t16?,20-/m0/s1. The number of nitrogens with zero attached hydrogens (tertiary/aromatic N) is 5. The van der Waals surface area contributed by atoms with Crippen LogP contribution in [0.5, 0.6) is 0 Å². The third kappa shape index (κ3) is 3.06. The van der Waals surface area contributed by atoms with Crippen LogP contribution in [0.4, 0.5) is 13.2 Å². The Kier molecular flexibility index (Phi) is 4.59. The quantitative estimate of drug-likeness (QED) is 0.402. The topological polar surface area (TPSA) is 55.4 Å². The average molecular weight is 465 g/mol. The zero-order chi connectivity index (χ0) is 23.7. The van der Waals surface area contributed by atoms with Crippen LogP contribution in [0.25, 0.3) is 16.9 Å². The highest BCUT2D eigenvalue weighted by molar-refractivity contribution is 5.95. The number of aryl methyl sites for hydroxylation is 2. The number of benzene rings is 1. The zero-order valence-corrected chi connectivity index (χ0v) is 18.7. The van der Waals surface area contributed by atoms with E-state index in [1.165, 1.54) is 0 Å². The molecule has 6 nitrogen and oxygen atoms in total. The fourth-order valence-electron chi connectivity index (χ4n) is 5.60. The van der Waals surface area contributed by atoms with E-state index in [1.54, 1.807) is 24.0 Å². The molecule has 2 atom stereocenters. The summed E-state index contributed by atoms with van der Waals surface area (Å²) in [5, 5.41) is 4.68. The van der Waals surface area contributed by atoms with Crippen LogP contribution in [0.3, 0.4) is 0 Å². The van der Waals surface area contributed by atoms with Crippen molar-refractivity contribution in [3.63, 3.8) is 0 Å². The van der Waals surface area contributed by atoms with Crippen molar-refractivity contribution in [2.45, 2.75) is 44.7 Å². The fourth-order valence-corrected chi connectivity index (χ4v) is 5.60. The Hall–Kier alpha value is -3.62. The lowest BCUT2D eigenvalue weighted by Crippen LogP contribution is -2.49. The lowest BCUT2D eigenvalue weighted by atomic mass is 9.81. The highest BCUT2D eigenvalue weighted by Gasteiger charge is 2.43. The van der Waals surface area contributed by atoms with Gasteiger partial charge in [0.05, 0.1) is 28.7 Å². The Morgan fingerprint density at radius 3 is 2.62 bits per heavy atom. The monoisotopic (exact) mass is 465 g/mol.